The number of halogens is 4. The van der Waals surface area contributed by atoms with Gasteiger partial charge in [0, 0.05) is 29.0 Å². The van der Waals surface area contributed by atoms with E-state index >= 15 is 0 Å². The average Bonchev–Trinajstić information content (AvgIpc) is 3.02. The Kier molecular flexibility index (Phi) is 6.29. The third-order valence-electron chi connectivity index (χ3n) is 5.25. The molecule has 3 atom stereocenters. The molecule has 4 N–H and O–H groups in total. The van der Waals surface area contributed by atoms with Crippen LogP contribution in [0, 0.1) is 5.82 Å². The fraction of sp³-hybridized carbons (Fsp3) is 0.476. The fourth-order valence-corrected chi connectivity index (χ4v) is 4.09. The minimum Gasteiger partial charge on any atom is -0.598 e. The molecule has 3 rings (SSSR count). The number of pyridine rings is 1. The van der Waals surface area contributed by atoms with Crippen molar-refractivity contribution < 1.29 is 32.0 Å². The summed E-state index contributed by atoms with van der Waals surface area (Å²) in [6, 6.07) is 6.03. The SMILES string of the molecule is CC(C)(C)[S+]([O-])N[C@]1(C)COc2c1cc([C@](O)(CN)C(F)(F)F)nc2-c1ccc(F)cc1. The highest BCUT2D eigenvalue weighted by molar-refractivity contribution is 7.90. The molecular weight excluding hydrogens is 450 g/mol. The number of nitrogens with one attached hydrogen (secondary N) is 1. The van der Waals surface area contributed by atoms with Gasteiger partial charge in [0.25, 0.3) is 0 Å². The number of ether oxygens (including phenoxy) is 1. The average molecular weight is 476 g/mol. The number of hydrogen-bond donors (Lipinski definition) is 3. The summed E-state index contributed by atoms with van der Waals surface area (Å²) >= 11 is -1.58. The molecule has 1 unspecified atom stereocenters. The fourth-order valence-electron chi connectivity index (χ4n) is 3.21. The van der Waals surface area contributed by atoms with Gasteiger partial charge in [-0.15, -0.1) is 4.72 Å². The number of rotatable bonds is 5. The van der Waals surface area contributed by atoms with Crippen LogP contribution in [0.2, 0.25) is 0 Å². The number of fused-ring (bicyclic) bond motifs is 1. The van der Waals surface area contributed by atoms with Crippen molar-refractivity contribution in [1.29, 1.82) is 0 Å². The van der Waals surface area contributed by atoms with Gasteiger partial charge in [-0.1, -0.05) is 0 Å². The van der Waals surface area contributed by atoms with Crippen molar-refractivity contribution in [2.24, 2.45) is 5.73 Å². The van der Waals surface area contributed by atoms with E-state index in [-0.39, 0.29) is 29.2 Å². The second-order valence-corrected chi connectivity index (χ2v) is 10.9. The maximum Gasteiger partial charge on any atom is 0.424 e. The second kappa shape index (κ2) is 8.14. The van der Waals surface area contributed by atoms with E-state index in [1.807, 2.05) is 0 Å². The zero-order valence-electron chi connectivity index (χ0n) is 18.0. The lowest BCUT2D eigenvalue weighted by Crippen LogP contribution is -2.51. The molecule has 1 aliphatic heterocycles. The standard InChI is InChI=1S/C21H25F4N3O3S/c1-18(2,3)32(30)28-19(4)11-31-17-14(19)9-15(20(29,10-26)21(23,24)25)27-16(17)12-5-7-13(22)8-6-12/h5-9,28-29H,10-11,26H2,1-4H3/t19-,20-,32?/m1/s1. The monoisotopic (exact) mass is 475 g/mol. The molecule has 0 saturated carbocycles. The van der Waals surface area contributed by atoms with Crippen LogP contribution in [-0.2, 0) is 22.5 Å². The van der Waals surface area contributed by atoms with Crippen LogP contribution >= 0.6 is 0 Å². The summed E-state index contributed by atoms with van der Waals surface area (Å²) in [7, 11) is 0. The molecule has 0 amide bonds. The molecule has 176 valence electrons. The third-order valence-corrected chi connectivity index (χ3v) is 7.00. The van der Waals surface area contributed by atoms with E-state index in [0.29, 0.717) is 0 Å². The van der Waals surface area contributed by atoms with Crippen molar-refractivity contribution in [2.75, 3.05) is 13.2 Å². The van der Waals surface area contributed by atoms with Crippen LogP contribution < -0.4 is 15.2 Å². The van der Waals surface area contributed by atoms with Gasteiger partial charge in [-0.3, -0.25) is 0 Å². The molecule has 1 aromatic heterocycles. The zero-order valence-corrected chi connectivity index (χ0v) is 18.8. The molecule has 0 saturated heterocycles. The molecular formula is C21H25F4N3O3S. The molecule has 2 heterocycles. The van der Waals surface area contributed by atoms with Gasteiger partial charge in [-0.2, -0.15) is 13.2 Å². The normalized spacial score (nSPS) is 21.6. The van der Waals surface area contributed by atoms with E-state index in [4.69, 9.17) is 10.5 Å². The molecule has 32 heavy (non-hydrogen) atoms. The Hall–Kier alpha value is -1.92. The number of benzene rings is 1. The minimum absolute atomic E-state index is 0.0132. The molecule has 2 aromatic rings. The maximum atomic E-state index is 13.8. The van der Waals surface area contributed by atoms with Crippen molar-refractivity contribution in [1.82, 2.24) is 9.71 Å². The summed E-state index contributed by atoms with van der Waals surface area (Å²) in [6.45, 7) is 5.66. The quantitative estimate of drug-likeness (QED) is 0.453. The predicted molar refractivity (Wildman–Crippen MR) is 113 cm³/mol. The third kappa shape index (κ3) is 4.32. The first-order chi connectivity index (χ1) is 14.6. The molecule has 0 spiro atoms. The lowest BCUT2D eigenvalue weighted by molar-refractivity contribution is -0.263. The summed E-state index contributed by atoms with van der Waals surface area (Å²) in [5.41, 5.74) is 0.523. The van der Waals surface area contributed by atoms with Crippen molar-refractivity contribution >= 4 is 11.4 Å². The van der Waals surface area contributed by atoms with Crippen molar-refractivity contribution in [2.45, 2.75) is 49.8 Å². The van der Waals surface area contributed by atoms with Gasteiger partial charge in [0.05, 0.1) is 5.69 Å². The van der Waals surface area contributed by atoms with E-state index in [0.717, 1.165) is 18.2 Å². The van der Waals surface area contributed by atoms with E-state index in [1.165, 1.54) is 12.1 Å². The smallest absolute Gasteiger partial charge is 0.424 e. The van der Waals surface area contributed by atoms with Crippen LogP contribution in [0.1, 0.15) is 39.0 Å². The lowest BCUT2D eigenvalue weighted by atomic mass is 9.89. The highest BCUT2D eigenvalue weighted by Crippen LogP contribution is 2.47. The molecule has 0 fully saturated rings. The summed E-state index contributed by atoms with van der Waals surface area (Å²) < 4.78 is 75.6. The Morgan fingerprint density at radius 2 is 1.84 bits per heavy atom. The Balaban J connectivity index is 2.25. The van der Waals surface area contributed by atoms with E-state index in [2.05, 4.69) is 9.71 Å². The van der Waals surface area contributed by atoms with Gasteiger partial charge in [-0.25, -0.2) is 9.37 Å². The van der Waals surface area contributed by atoms with Crippen LogP contribution in [-0.4, -0.2) is 38.7 Å². The van der Waals surface area contributed by atoms with Crippen LogP contribution in [0.15, 0.2) is 30.3 Å². The van der Waals surface area contributed by atoms with Gasteiger partial charge in [0.2, 0.25) is 5.60 Å². The summed E-state index contributed by atoms with van der Waals surface area (Å²) in [5.74, 6) is -0.383. The first-order valence-electron chi connectivity index (χ1n) is 9.76. The van der Waals surface area contributed by atoms with E-state index < -0.39 is 51.5 Å². The molecule has 0 bridgehead atoms. The first-order valence-corrected chi connectivity index (χ1v) is 10.9. The molecule has 0 radical (unpaired) electrons. The van der Waals surface area contributed by atoms with Crippen molar-refractivity contribution in [3.63, 3.8) is 0 Å². The number of aliphatic hydroxyl groups is 1. The number of nitrogens with two attached hydrogens (primary N) is 1. The van der Waals surface area contributed by atoms with Crippen LogP contribution in [0.25, 0.3) is 11.3 Å². The lowest BCUT2D eigenvalue weighted by Gasteiger charge is -2.32. The molecule has 11 heteroatoms. The summed E-state index contributed by atoms with van der Waals surface area (Å²) in [4.78, 5) is 4.05. The Morgan fingerprint density at radius 3 is 2.34 bits per heavy atom. The molecule has 6 nitrogen and oxygen atoms in total. The number of aromatic nitrogens is 1. The van der Waals surface area contributed by atoms with Crippen molar-refractivity contribution in [3.8, 4) is 17.0 Å². The topological polar surface area (TPSA) is 103 Å². The number of hydrogen-bond acceptors (Lipinski definition) is 6. The van der Waals surface area contributed by atoms with Gasteiger partial charge in [0.1, 0.15) is 28.4 Å². The highest BCUT2D eigenvalue weighted by atomic mass is 32.2. The number of nitrogens with zero attached hydrogens (tertiary/aromatic N) is 1. The minimum atomic E-state index is -5.11. The van der Waals surface area contributed by atoms with Crippen LogP contribution in [0.4, 0.5) is 17.6 Å². The Bertz CT molecular complexity index is 998. The predicted octanol–water partition coefficient (Wildman–Crippen LogP) is 3.26. The highest BCUT2D eigenvalue weighted by Gasteiger charge is 2.56. The number of alkyl halides is 3. The van der Waals surface area contributed by atoms with Crippen molar-refractivity contribution in [3.05, 3.63) is 47.4 Å². The molecule has 0 aliphatic carbocycles. The first kappa shape index (κ1) is 24.7. The van der Waals surface area contributed by atoms with E-state index in [9.17, 15) is 27.2 Å². The van der Waals surface area contributed by atoms with E-state index in [1.54, 1.807) is 27.7 Å². The maximum absolute atomic E-state index is 13.8. The Labute approximate surface area is 186 Å². The van der Waals surface area contributed by atoms with Crippen LogP contribution in [0.5, 0.6) is 5.75 Å². The Morgan fingerprint density at radius 1 is 1.25 bits per heavy atom. The van der Waals surface area contributed by atoms with Crippen LogP contribution in [0.3, 0.4) is 0 Å². The van der Waals surface area contributed by atoms with Gasteiger partial charge in [0.15, 0.2) is 5.75 Å². The zero-order chi connectivity index (χ0) is 24.1. The summed E-state index contributed by atoms with van der Waals surface area (Å²) in [6.07, 6.45) is -5.11. The molecule has 1 aromatic carbocycles. The van der Waals surface area contributed by atoms with Gasteiger partial charge < -0.3 is 20.1 Å². The summed E-state index contributed by atoms with van der Waals surface area (Å²) in [5, 5.41) is 10.5. The largest absolute Gasteiger partial charge is 0.598 e. The van der Waals surface area contributed by atoms with Gasteiger partial charge >= 0.3 is 6.18 Å². The van der Waals surface area contributed by atoms with Gasteiger partial charge in [-0.05, 0) is 58.0 Å². The molecule has 1 aliphatic rings. The second-order valence-electron chi connectivity index (χ2n) is 8.91.